The summed E-state index contributed by atoms with van der Waals surface area (Å²) < 4.78 is 62.8. The summed E-state index contributed by atoms with van der Waals surface area (Å²) in [7, 11) is 1.26. The van der Waals surface area contributed by atoms with E-state index in [1.54, 1.807) is 4.90 Å². The number of hydrogen-bond donors (Lipinski definition) is 2. The van der Waals surface area contributed by atoms with Gasteiger partial charge in [0.1, 0.15) is 18.6 Å². The van der Waals surface area contributed by atoms with Gasteiger partial charge in [-0.05, 0) is 55.9 Å². The van der Waals surface area contributed by atoms with Gasteiger partial charge in [-0.1, -0.05) is 23.0 Å². The highest BCUT2D eigenvalue weighted by molar-refractivity contribution is 6.33. The van der Waals surface area contributed by atoms with E-state index < -0.39 is 47.4 Å². The highest BCUT2D eigenvalue weighted by Gasteiger charge is 2.49. The summed E-state index contributed by atoms with van der Waals surface area (Å²) in [6.07, 6.45) is -0.0517. The van der Waals surface area contributed by atoms with Crippen molar-refractivity contribution in [3.63, 3.8) is 0 Å². The Morgan fingerprint density at radius 2 is 1.89 bits per heavy atom. The predicted molar refractivity (Wildman–Crippen MR) is 193 cm³/mol. The van der Waals surface area contributed by atoms with Crippen LogP contribution in [0.25, 0.3) is 11.5 Å². The fourth-order valence-electron chi connectivity index (χ4n) is 8.05. The molecule has 2 unspecified atom stereocenters. The quantitative estimate of drug-likeness (QED) is 0.203. The highest BCUT2D eigenvalue weighted by Crippen LogP contribution is 2.50. The molecule has 3 aliphatic heterocycles. The molecule has 16 nitrogen and oxygen atoms in total. The molecule has 1 spiro atoms. The summed E-state index contributed by atoms with van der Waals surface area (Å²) in [5, 5.41) is 17.7. The number of nitrogens with one attached hydrogen (secondary N) is 1. The lowest BCUT2D eigenvalue weighted by Crippen LogP contribution is -2.47. The zero-order valence-corrected chi connectivity index (χ0v) is 30.7. The number of halogens is 5. The number of hydrogen-bond acceptors (Lipinski definition) is 12. The van der Waals surface area contributed by atoms with Crippen molar-refractivity contribution in [1.29, 1.82) is 0 Å². The first-order chi connectivity index (χ1) is 26.7. The van der Waals surface area contributed by atoms with Gasteiger partial charge in [0.25, 0.3) is 17.8 Å². The molecule has 4 aliphatic rings. The third kappa shape index (κ3) is 6.19. The fraction of sp³-hybridized carbons (Fsp3) is 0.429. The molecule has 0 saturated carbocycles. The number of ether oxygens (including phenoxy) is 1. The van der Waals surface area contributed by atoms with Crippen LogP contribution in [0.15, 0.2) is 40.4 Å². The summed E-state index contributed by atoms with van der Waals surface area (Å²) >= 11 is 6.14. The number of methoxy groups -OCH3 is 1. The number of nitrogens with zero attached hydrogens (tertiary/aromatic N) is 10. The van der Waals surface area contributed by atoms with Crippen molar-refractivity contribution in [3.8, 4) is 5.75 Å². The van der Waals surface area contributed by atoms with Gasteiger partial charge in [-0.25, -0.2) is 15.0 Å². The van der Waals surface area contributed by atoms with E-state index in [2.05, 4.69) is 30.4 Å². The van der Waals surface area contributed by atoms with Crippen molar-refractivity contribution >= 4 is 52.6 Å². The number of likely N-dealkylation sites (tertiary alicyclic amines) is 1. The maximum Gasteiger partial charge on any atom is 0.416 e. The molecule has 8 rings (SSSR count). The van der Waals surface area contributed by atoms with Crippen molar-refractivity contribution in [3.05, 3.63) is 74.3 Å². The van der Waals surface area contributed by atoms with Crippen LogP contribution < -0.4 is 15.8 Å². The molecule has 2 saturated heterocycles. The minimum Gasteiger partial charge on any atom is -0.503 e. The third-order valence-corrected chi connectivity index (χ3v) is 11.1. The number of carbonyl (C=O) groups is 2. The number of allylic oxidation sites excluding steroid dienone is 1. The number of amides is 2. The Kier molecular flexibility index (Phi) is 9.22. The first kappa shape index (κ1) is 37.3. The maximum atomic E-state index is 15.4. The van der Waals surface area contributed by atoms with E-state index in [1.165, 1.54) is 30.3 Å². The predicted octanol–water partition coefficient (Wildman–Crippen LogP) is 4.13. The topological polar surface area (TPSA) is 176 Å². The maximum absolute atomic E-state index is 15.4. The number of anilines is 2. The molecule has 6 heterocycles. The van der Waals surface area contributed by atoms with Crippen LogP contribution in [-0.2, 0) is 27.7 Å². The second-order valence-corrected chi connectivity index (χ2v) is 14.6. The summed E-state index contributed by atoms with van der Waals surface area (Å²) in [5.74, 6) is -1.78. The largest absolute Gasteiger partial charge is 0.503 e. The van der Waals surface area contributed by atoms with E-state index in [0.717, 1.165) is 23.1 Å². The van der Waals surface area contributed by atoms with Gasteiger partial charge in [-0.15, -0.1) is 5.10 Å². The van der Waals surface area contributed by atoms with Crippen LogP contribution in [0.2, 0.25) is 5.02 Å². The molecule has 2 fully saturated rings. The third-order valence-electron chi connectivity index (χ3n) is 10.8. The SMILES string of the molecule is COC1N=CC=C(c2nc3n(CC(=O)Nc4ccc(C(F)(F)F)cc4Cl)c4c(c(=O)n3n2)C2(CCN(C(=O)c3ncnc(N5CCC5)c3O)CC2)CC4C)N1F. The van der Waals surface area contributed by atoms with Crippen molar-refractivity contribution in [2.24, 2.45) is 4.99 Å². The molecule has 4 aromatic rings. The van der Waals surface area contributed by atoms with Crippen LogP contribution in [0.1, 0.15) is 71.7 Å². The number of aliphatic imine (C=N–C) groups is 1. The lowest BCUT2D eigenvalue weighted by atomic mass is 9.73. The number of aromatic nitrogens is 6. The lowest BCUT2D eigenvalue weighted by molar-refractivity contribution is -0.137. The van der Waals surface area contributed by atoms with Crippen molar-refractivity contribution < 1.29 is 37.1 Å². The molecule has 0 bridgehead atoms. The summed E-state index contributed by atoms with van der Waals surface area (Å²) in [6.45, 7) is 3.25. The molecule has 2 N–H and O–H groups in total. The molecular formula is C35H34ClF4N11O5. The summed E-state index contributed by atoms with van der Waals surface area (Å²) in [4.78, 5) is 62.0. The number of aromatic hydroxyl groups is 1. The lowest BCUT2D eigenvalue weighted by Gasteiger charge is -2.39. The molecule has 21 heteroatoms. The zero-order valence-electron chi connectivity index (χ0n) is 29.9. The second-order valence-electron chi connectivity index (χ2n) is 14.2. The van der Waals surface area contributed by atoms with E-state index in [9.17, 15) is 32.7 Å². The normalized spacial score (nSPS) is 20.3. The average molecular weight is 800 g/mol. The van der Waals surface area contributed by atoms with Gasteiger partial charge in [0.2, 0.25) is 17.5 Å². The Hall–Kier alpha value is -5.63. The minimum absolute atomic E-state index is 0.0702. The van der Waals surface area contributed by atoms with Crippen LogP contribution in [0.4, 0.5) is 29.2 Å². The van der Waals surface area contributed by atoms with Gasteiger partial charge in [0.05, 0.1) is 16.3 Å². The van der Waals surface area contributed by atoms with E-state index in [0.29, 0.717) is 55.5 Å². The Balaban J connectivity index is 1.16. The van der Waals surface area contributed by atoms with Gasteiger partial charge in [-0.2, -0.15) is 27.8 Å². The van der Waals surface area contributed by atoms with Gasteiger partial charge < -0.3 is 29.5 Å². The molecule has 3 aromatic heterocycles. The van der Waals surface area contributed by atoms with E-state index in [4.69, 9.17) is 16.3 Å². The minimum atomic E-state index is -4.65. The fourth-order valence-corrected chi connectivity index (χ4v) is 8.27. The van der Waals surface area contributed by atoms with Crippen LogP contribution in [0, 0.1) is 0 Å². The van der Waals surface area contributed by atoms with Gasteiger partial charge in [-0.3, -0.25) is 14.4 Å². The number of rotatable bonds is 7. The van der Waals surface area contributed by atoms with Gasteiger partial charge >= 0.3 is 6.18 Å². The van der Waals surface area contributed by atoms with E-state index >= 15 is 4.48 Å². The molecule has 56 heavy (non-hydrogen) atoms. The first-order valence-electron chi connectivity index (χ1n) is 17.7. The smallest absolute Gasteiger partial charge is 0.416 e. The molecule has 2 atom stereocenters. The average Bonchev–Trinajstić information content (AvgIpc) is 3.70. The van der Waals surface area contributed by atoms with Crippen LogP contribution in [0.3, 0.4) is 0 Å². The summed E-state index contributed by atoms with van der Waals surface area (Å²) in [6, 6.07) is 2.54. The zero-order chi connectivity index (χ0) is 39.7. The van der Waals surface area contributed by atoms with Crippen molar-refractivity contribution in [2.75, 3.05) is 43.5 Å². The number of piperidine rings is 1. The van der Waals surface area contributed by atoms with Gasteiger partial charge in [0, 0.05) is 56.2 Å². The van der Waals surface area contributed by atoms with Crippen LogP contribution in [0.5, 0.6) is 5.75 Å². The Morgan fingerprint density at radius 3 is 2.55 bits per heavy atom. The Labute approximate surface area is 320 Å². The standard InChI is InChI=1S/C35H34ClF4N11O5/c1-18-15-34(7-12-48(13-8-34)31(55)25-27(53)29(43-17-42-25)47-10-3-11-47)24-26(18)49(16-23(52)44-21-5-4-19(14-20(21)36)35(37,38)39)32-45-28(46-51(32)30(24)54)22-6-9-41-33(56-2)50(22)40/h4-6,9,14,17-18,33,53H,3,7-8,10-13,15-16H2,1-2H3,(H,44,52). The summed E-state index contributed by atoms with van der Waals surface area (Å²) in [5.41, 5.74) is -1.82. The second kappa shape index (κ2) is 13.8. The van der Waals surface area contributed by atoms with E-state index in [-0.39, 0.29) is 63.6 Å². The monoisotopic (exact) mass is 799 g/mol. The Morgan fingerprint density at radius 1 is 1.14 bits per heavy atom. The number of carbonyl (C=O) groups excluding carboxylic acids is 2. The molecule has 2 amide bonds. The molecule has 0 radical (unpaired) electrons. The number of benzene rings is 1. The highest BCUT2D eigenvalue weighted by atomic mass is 35.5. The number of alkyl halides is 3. The molecule has 294 valence electrons. The van der Waals surface area contributed by atoms with E-state index in [1.807, 2.05) is 11.8 Å². The van der Waals surface area contributed by atoms with Gasteiger partial charge in [0.15, 0.2) is 17.3 Å². The van der Waals surface area contributed by atoms with Crippen LogP contribution >= 0.6 is 11.6 Å². The number of fused-ring (bicyclic) bond motifs is 3. The van der Waals surface area contributed by atoms with Crippen molar-refractivity contribution in [1.82, 2.24) is 39.2 Å². The Bertz CT molecular complexity index is 2390. The van der Waals surface area contributed by atoms with Crippen molar-refractivity contribution in [2.45, 2.75) is 63.0 Å². The first-order valence-corrected chi connectivity index (χ1v) is 18.1. The molecule has 1 aromatic carbocycles. The molecule has 1 aliphatic carbocycles. The molecular weight excluding hydrogens is 766 g/mol. The van der Waals surface area contributed by atoms with Crippen LogP contribution in [-0.4, -0.2) is 102 Å².